The smallest absolute Gasteiger partial charge is 0.341 e. The maximum atomic E-state index is 11.5. The minimum Gasteiger partial charge on any atom is -0.492 e. The third kappa shape index (κ3) is 3.61. The number of hydrogen-bond acceptors (Lipinski definition) is 4. The zero-order valence-electron chi connectivity index (χ0n) is 9.16. The quantitative estimate of drug-likeness (QED) is 0.602. The third-order valence-corrected chi connectivity index (χ3v) is 2.70. The van der Waals surface area contributed by atoms with Crippen LogP contribution in [0.4, 0.5) is 0 Å². The summed E-state index contributed by atoms with van der Waals surface area (Å²) in [6.45, 7) is 0.548. The molecule has 0 unspecified atom stereocenters. The molecule has 0 saturated heterocycles. The molecular weight excluding hydrogens is 248 g/mol. The summed E-state index contributed by atoms with van der Waals surface area (Å²) < 4.78 is 10.1. The second-order valence-corrected chi connectivity index (χ2v) is 4.40. The molecule has 0 aliphatic heterocycles. The summed E-state index contributed by atoms with van der Waals surface area (Å²) in [7, 11) is 1.33. The van der Waals surface area contributed by atoms with E-state index in [1.807, 2.05) is 6.26 Å². The molecule has 5 heteroatoms. The molecule has 0 spiro atoms. The van der Waals surface area contributed by atoms with E-state index in [-0.39, 0.29) is 0 Å². The largest absolute Gasteiger partial charge is 0.492 e. The van der Waals surface area contributed by atoms with Crippen LogP contribution in [0.1, 0.15) is 10.4 Å². The highest BCUT2D eigenvalue weighted by atomic mass is 35.5. The molecule has 0 bridgehead atoms. The molecule has 0 heterocycles. The lowest BCUT2D eigenvalue weighted by Gasteiger charge is -2.09. The monoisotopic (exact) mass is 260 g/mol. The van der Waals surface area contributed by atoms with E-state index in [0.717, 1.165) is 5.75 Å². The summed E-state index contributed by atoms with van der Waals surface area (Å²) in [5.74, 6) is 0.926. The number of methoxy groups -OCH3 is 1. The molecular formula is C11H13ClO3S. The first-order chi connectivity index (χ1) is 7.69. The van der Waals surface area contributed by atoms with Gasteiger partial charge in [-0.3, -0.25) is 0 Å². The van der Waals surface area contributed by atoms with E-state index < -0.39 is 5.97 Å². The van der Waals surface area contributed by atoms with Crippen molar-refractivity contribution in [3.8, 4) is 5.75 Å². The van der Waals surface area contributed by atoms with Crippen molar-refractivity contribution in [1.82, 2.24) is 0 Å². The molecule has 0 fully saturated rings. The van der Waals surface area contributed by atoms with Crippen molar-refractivity contribution in [1.29, 1.82) is 0 Å². The van der Waals surface area contributed by atoms with E-state index in [9.17, 15) is 4.79 Å². The first-order valence-corrected chi connectivity index (χ1v) is 6.46. The Morgan fingerprint density at radius 3 is 2.88 bits per heavy atom. The zero-order valence-corrected chi connectivity index (χ0v) is 10.7. The maximum Gasteiger partial charge on any atom is 0.341 e. The summed E-state index contributed by atoms with van der Waals surface area (Å²) in [5.41, 5.74) is 0.358. The van der Waals surface area contributed by atoms with Gasteiger partial charge >= 0.3 is 5.97 Å². The molecule has 0 atom stereocenters. The van der Waals surface area contributed by atoms with Crippen LogP contribution in [0.3, 0.4) is 0 Å². The molecule has 0 N–H and O–H groups in total. The summed E-state index contributed by atoms with van der Waals surface area (Å²) in [6, 6.07) is 4.90. The van der Waals surface area contributed by atoms with Crippen LogP contribution in [0.15, 0.2) is 18.2 Å². The molecule has 0 radical (unpaired) electrons. The fourth-order valence-corrected chi connectivity index (χ4v) is 1.55. The molecule has 88 valence electrons. The average Bonchev–Trinajstić information content (AvgIpc) is 2.30. The number of thioether (sulfide) groups is 1. The number of halogens is 1. The number of hydrogen-bond donors (Lipinski definition) is 0. The van der Waals surface area contributed by atoms with E-state index >= 15 is 0 Å². The zero-order chi connectivity index (χ0) is 12.0. The van der Waals surface area contributed by atoms with Crippen LogP contribution < -0.4 is 4.74 Å². The molecule has 3 nitrogen and oxygen atoms in total. The summed E-state index contributed by atoms with van der Waals surface area (Å²) in [6.07, 6.45) is 1.99. The third-order valence-electron chi connectivity index (χ3n) is 1.89. The van der Waals surface area contributed by atoms with Crippen molar-refractivity contribution < 1.29 is 14.3 Å². The van der Waals surface area contributed by atoms with E-state index in [1.54, 1.807) is 30.0 Å². The van der Waals surface area contributed by atoms with Crippen LogP contribution in [0.2, 0.25) is 5.02 Å². The van der Waals surface area contributed by atoms with E-state index in [2.05, 4.69) is 4.74 Å². The first kappa shape index (κ1) is 13.2. The van der Waals surface area contributed by atoms with Crippen molar-refractivity contribution in [2.24, 2.45) is 0 Å². The van der Waals surface area contributed by atoms with Crippen molar-refractivity contribution >= 4 is 29.3 Å². The first-order valence-electron chi connectivity index (χ1n) is 4.68. The van der Waals surface area contributed by atoms with Gasteiger partial charge in [0.1, 0.15) is 11.3 Å². The van der Waals surface area contributed by atoms with Gasteiger partial charge in [0.15, 0.2) is 0 Å². The van der Waals surface area contributed by atoms with Crippen LogP contribution >= 0.6 is 23.4 Å². The molecule has 16 heavy (non-hydrogen) atoms. The fraction of sp³-hybridized carbons (Fsp3) is 0.364. The number of benzene rings is 1. The summed E-state index contributed by atoms with van der Waals surface area (Å²) in [4.78, 5) is 11.5. The Kier molecular flexibility index (Phi) is 5.49. The van der Waals surface area contributed by atoms with Gasteiger partial charge in [0.2, 0.25) is 0 Å². The van der Waals surface area contributed by atoms with Crippen LogP contribution in [-0.2, 0) is 4.74 Å². The second kappa shape index (κ2) is 6.66. The molecule has 1 aromatic rings. The molecule has 0 aliphatic rings. The van der Waals surface area contributed by atoms with Gasteiger partial charge in [-0.15, -0.1) is 0 Å². The Labute approximate surface area is 104 Å². The number of ether oxygens (including phenoxy) is 2. The Bertz CT molecular complexity index is 368. The molecule has 0 aromatic heterocycles. The van der Waals surface area contributed by atoms with Crippen molar-refractivity contribution in [2.45, 2.75) is 0 Å². The van der Waals surface area contributed by atoms with Gasteiger partial charge in [0.25, 0.3) is 0 Å². The molecule has 1 aromatic carbocycles. The minimum absolute atomic E-state index is 0.358. The predicted octanol–water partition coefficient (Wildman–Crippen LogP) is 2.87. The van der Waals surface area contributed by atoms with Crippen LogP contribution in [0.25, 0.3) is 0 Å². The minimum atomic E-state index is -0.443. The van der Waals surface area contributed by atoms with Gasteiger partial charge in [-0.25, -0.2) is 4.79 Å². The normalized spacial score (nSPS) is 9.94. The average molecular weight is 261 g/mol. The van der Waals surface area contributed by atoms with Crippen LogP contribution in [0, 0.1) is 0 Å². The lowest BCUT2D eigenvalue weighted by atomic mass is 10.2. The van der Waals surface area contributed by atoms with Crippen molar-refractivity contribution in [3.05, 3.63) is 28.8 Å². The number of carbonyl (C=O) groups is 1. The lowest BCUT2D eigenvalue weighted by molar-refractivity contribution is 0.0596. The SMILES string of the molecule is COC(=O)c1cc(Cl)ccc1OCCSC. The Balaban J connectivity index is 2.85. The molecule has 0 amide bonds. The number of rotatable bonds is 5. The highest BCUT2D eigenvalue weighted by Crippen LogP contribution is 2.23. The lowest BCUT2D eigenvalue weighted by Crippen LogP contribution is -2.07. The van der Waals surface area contributed by atoms with Crippen molar-refractivity contribution in [2.75, 3.05) is 25.7 Å². The van der Waals surface area contributed by atoms with E-state index in [0.29, 0.717) is 22.9 Å². The number of esters is 1. The predicted molar refractivity (Wildman–Crippen MR) is 66.7 cm³/mol. The Morgan fingerprint density at radius 1 is 1.50 bits per heavy atom. The molecule has 0 saturated carbocycles. The van der Waals surface area contributed by atoms with Crippen LogP contribution in [-0.4, -0.2) is 31.7 Å². The standard InChI is InChI=1S/C11H13ClO3S/c1-14-11(13)9-7-8(12)3-4-10(9)15-5-6-16-2/h3-4,7H,5-6H2,1-2H3. The van der Waals surface area contributed by atoms with E-state index in [1.165, 1.54) is 7.11 Å². The fourth-order valence-electron chi connectivity index (χ4n) is 1.13. The number of carbonyl (C=O) groups excluding carboxylic acids is 1. The van der Waals surface area contributed by atoms with Gasteiger partial charge in [0.05, 0.1) is 13.7 Å². The molecule has 0 aliphatic carbocycles. The van der Waals surface area contributed by atoms with E-state index in [4.69, 9.17) is 16.3 Å². The van der Waals surface area contributed by atoms with Gasteiger partial charge in [-0.05, 0) is 24.5 Å². The van der Waals surface area contributed by atoms with Crippen molar-refractivity contribution in [3.63, 3.8) is 0 Å². The Hall–Kier alpha value is -0.870. The van der Waals surface area contributed by atoms with Gasteiger partial charge in [0, 0.05) is 10.8 Å². The summed E-state index contributed by atoms with van der Waals surface area (Å²) >= 11 is 7.49. The highest BCUT2D eigenvalue weighted by molar-refractivity contribution is 7.98. The van der Waals surface area contributed by atoms with Gasteiger partial charge < -0.3 is 9.47 Å². The topological polar surface area (TPSA) is 35.5 Å². The second-order valence-electron chi connectivity index (χ2n) is 2.97. The maximum absolute atomic E-state index is 11.5. The highest BCUT2D eigenvalue weighted by Gasteiger charge is 2.13. The molecule has 1 rings (SSSR count). The summed E-state index contributed by atoms with van der Waals surface area (Å²) in [5, 5.41) is 0.484. The van der Waals surface area contributed by atoms with Crippen LogP contribution in [0.5, 0.6) is 5.75 Å². The Morgan fingerprint density at radius 2 is 2.25 bits per heavy atom. The van der Waals surface area contributed by atoms with Gasteiger partial charge in [-0.1, -0.05) is 11.6 Å². The van der Waals surface area contributed by atoms with Gasteiger partial charge in [-0.2, -0.15) is 11.8 Å².